The summed E-state index contributed by atoms with van der Waals surface area (Å²) in [4.78, 5) is 11.7. The molecule has 0 bridgehead atoms. The van der Waals surface area contributed by atoms with E-state index >= 15 is 0 Å². The second kappa shape index (κ2) is 4.60. The summed E-state index contributed by atoms with van der Waals surface area (Å²) in [5, 5.41) is 0. The molecule has 0 amide bonds. The van der Waals surface area contributed by atoms with Crippen LogP contribution in [0.15, 0.2) is 0 Å². The van der Waals surface area contributed by atoms with Gasteiger partial charge in [0.2, 0.25) is 0 Å². The Labute approximate surface area is 105 Å². The maximum absolute atomic E-state index is 11.7. The smallest absolute Gasteiger partial charge is 0.308 e. The van der Waals surface area contributed by atoms with Crippen LogP contribution in [-0.4, -0.2) is 18.1 Å². The molecule has 2 N–H and O–H groups in total. The largest absolute Gasteiger partial charge is 0.462 e. The first-order valence-electron chi connectivity index (χ1n) is 6.52. The van der Waals surface area contributed by atoms with Gasteiger partial charge in [-0.05, 0) is 23.7 Å². The van der Waals surface area contributed by atoms with Gasteiger partial charge in [0.15, 0.2) is 0 Å². The molecule has 1 aliphatic carbocycles. The molecule has 1 fully saturated rings. The van der Waals surface area contributed by atoms with Crippen LogP contribution in [0.1, 0.15) is 54.4 Å². The van der Waals surface area contributed by atoms with Crippen molar-refractivity contribution in [2.24, 2.45) is 22.5 Å². The fourth-order valence-corrected chi connectivity index (χ4v) is 2.94. The number of esters is 1. The third kappa shape index (κ3) is 3.21. The summed E-state index contributed by atoms with van der Waals surface area (Å²) >= 11 is 0. The Hall–Kier alpha value is -0.570. The van der Waals surface area contributed by atoms with E-state index in [2.05, 4.69) is 27.7 Å². The molecule has 3 nitrogen and oxygen atoms in total. The fraction of sp³-hybridized carbons (Fsp3) is 0.929. The van der Waals surface area contributed by atoms with Crippen LogP contribution < -0.4 is 5.73 Å². The third-order valence-electron chi connectivity index (χ3n) is 3.95. The molecule has 0 unspecified atom stereocenters. The van der Waals surface area contributed by atoms with E-state index in [0.29, 0.717) is 0 Å². The lowest BCUT2D eigenvalue weighted by atomic mass is 9.60. The highest BCUT2D eigenvalue weighted by molar-refractivity contribution is 5.71. The molecule has 1 rings (SSSR count). The summed E-state index contributed by atoms with van der Waals surface area (Å²) in [6, 6.07) is 0.143. The van der Waals surface area contributed by atoms with Gasteiger partial charge in [0, 0.05) is 6.04 Å². The Morgan fingerprint density at radius 2 is 1.59 bits per heavy atom. The summed E-state index contributed by atoms with van der Waals surface area (Å²) in [5.74, 6) is -0.158. The van der Waals surface area contributed by atoms with Gasteiger partial charge in [-0.2, -0.15) is 0 Å². The number of hydrogen-bond donors (Lipinski definition) is 1. The SMILES string of the molecule is CC(C)C(=O)OC1CC(C)(C)C(N)C(C)(C)C1. The van der Waals surface area contributed by atoms with E-state index < -0.39 is 0 Å². The molecule has 1 saturated carbocycles. The van der Waals surface area contributed by atoms with Crippen molar-refractivity contribution >= 4 is 5.97 Å². The Kier molecular flexibility index (Phi) is 3.92. The fourth-order valence-electron chi connectivity index (χ4n) is 2.94. The molecule has 0 aromatic heterocycles. The average molecular weight is 241 g/mol. The molecule has 0 atom stereocenters. The zero-order chi connectivity index (χ0) is 13.4. The van der Waals surface area contributed by atoms with Crippen LogP contribution in [-0.2, 0) is 9.53 Å². The number of hydrogen-bond acceptors (Lipinski definition) is 3. The van der Waals surface area contributed by atoms with Gasteiger partial charge in [0.05, 0.1) is 5.92 Å². The molecule has 1 aliphatic rings. The maximum atomic E-state index is 11.7. The van der Waals surface area contributed by atoms with Crippen molar-refractivity contribution in [1.82, 2.24) is 0 Å². The zero-order valence-corrected chi connectivity index (χ0v) is 12.0. The highest BCUT2D eigenvalue weighted by Crippen LogP contribution is 2.45. The van der Waals surface area contributed by atoms with E-state index in [1.165, 1.54) is 0 Å². The Balaban J connectivity index is 2.75. The molecule has 100 valence electrons. The predicted octanol–water partition coefficient (Wildman–Crippen LogP) is 2.73. The molecular formula is C14H27NO2. The second-order valence-corrected chi connectivity index (χ2v) is 7.08. The maximum Gasteiger partial charge on any atom is 0.308 e. The van der Waals surface area contributed by atoms with Crippen molar-refractivity contribution in [2.45, 2.75) is 66.5 Å². The van der Waals surface area contributed by atoms with Gasteiger partial charge in [0.1, 0.15) is 6.10 Å². The normalized spacial score (nSPS) is 31.3. The molecule has 17 heavy (non-hydrogen) atoms. The average Bonchev–Trinajstić information content (AvgIpc) is 2.12. The van der Waals surface area contributed by atoms with E-state index in [-0.39, 0.29) is 34.9 Å². The standard InChI is InChI=1S/C14H27NO2/c1-9(2)11(16)17-10-7-13(3,4)12(15)14(5,6)8-10/h9-10,12H,7-8,15H2,1-6H3. The van der Waals surface area contributed by atoms with Gasteiger partial charge in [-0.1, -0.05) is 41.5 Å². The third-order valence-corrected chi connectivity index (χ3v) is 3.95. The summed E-state index contributed by atoms with van der Waals surface area (Å²) in [6.45, 7) is 12.4. The predicted molar refractivity (Wildman–Crippen MR) is 69.5 cm³/mol. The molecule has 0 saturated heterocycles. The first-order valence-corrected chi connectivity index (χ1v) is 6.52. The van der Waals surface area contributed by atoms with Crippen molar-refractivity contribution in [1.29, 1.82) is 0 Å². The quantitative estimate of drug-likeness (QED) is 0.756. The second-order valence-electron chi connectivity index (χ2n) is 7.08. The number of ether oxygens (including phenoxy) is 1. The number of carbonyl (C=O) groups is 1. The molecule has 0 spiro atoms. The van der Waals surface area contributed by atoms with Crippen molar-refractivity contribution in [3.05, 3.63) is 0 Å². The van der Waals surface area contributed by atoms with Crippen LogP contribution in [0.3, 0.4) is 0 Å². The van der Waals surface area contributed by atoms with Crippen LogP contribution >= 0.6 is 0 Å². The van der Waals surface area contributed by atoms with Crippen LogP contribution in [0.2, 0.25) is 0 Å². The molecule has 3 heteroatoms. The number of carbonyl (C=O) groups excluding carboxylic acids is 1. The summed E-state index contributed by atoms with van der Waals surface area (Å²) in [6.07, 6.45) is 1.72. The van der Waals surface area contributed by atoms with E-state index in [1.807, 2.05) is 13.8 Å². The summed E-state index contributed by atoms with van der Waals surface area (Å²) < 4.78 is 5.58. The number of nitrogens with two attached hydrogens (primary N) is 1. The minimum absolute atomic E-state index is 0.00898. The van der Waals surface area contributed by atoms with Crippen molar-refractivity contribution in [2.75, 3.05) is 0 Å². The van der Waals surface area contributed by atoms with Crippen LogP contribution in [0.4, 0.5) is 0 Å². The lowest BCUT2D eigenvalue weighted by Crippen LogP contribution is -2.55. The Morgan fingerprint density at radius 1 is 1.18 bits per heavy atom. The van der Waals surface area contributed by atoms with Crippen LogP contribution in [0.5, 0.6) is 0 Å². The van der Waals surface area contributed by atoms with E-state index in [4.69, 9.17) is 10.5 Å². The van der Waals surface area contributed by atoms with E-state index in [1.54, 1.807) is 0 Å². The molecule has 0 radical (unpaired) electrons. The monoisotopic (exact) mass is 241 g/mol. The minimum Gasteiger partial charge on any atom is -0.462 e. The zero-order valence-electron chi connectivity index (χ0n) is 12.0. The highest BCUT2D eigenvalue weighted by atomic mass is 16.5. The van der Waals surface area contributed by atoms with Crippen LogP contribution in [0, 0.1) is 16.7 Å². The van der Waals surface area contributed by atoms with Crippen molar-refractivity contribution in [3.63, 3.8) is 0 Å². The van der Waals surface area contributed by atoms with Gasteiger partial charge in [-0.3, -0.25) is 4.79 Å². The molecular weight excluding hydrogens is 214 g/mol. The lowest BCUT2D eigenvalue weighted by Gasteiger charge is -2.49. The summed E-state index contributed by atoms with van der Waals surface area (Å²) in [5.41, 5.74) is 6.34. The van der Waals surface area contributed by atoms with E-state index in [9.17, 15) is 4.79 Å². The van der Waals surface area contributed by atoms with Gasteiger partial charge in [0.25, 0.3) is 0 Å². The molecule has 0 aromatic rings. The molecule has 0 heterocycles. The Morgan fingerprint density at radius 3 is 1.94 bits per heavy atom. The van der Waals surface area contributed by atoms with Crippen LogP contribution in [0.25, 0.3) is 0 Å². The number of rotatable bonds is 2. The first kappa shape index (κ1) is 14.5. The van der Waals surface area contributed by atoms with Crippen molar-refractivity contribution in [3.8, 4) is 0 Å². The summed E-state index contributed by atoms with van der Waals surface area (Å²) in [7, 11) is 0. The minimum atomic E-state index is -0.0999. The molecule has 0 aromatic carbocycles. The van der Waals surface area contributed by atoms with Gasteiger partial charge < -0.3 is 10.5 Å². The van der Waals surface area contributed by atoms with E-state index in [0.717, 1.165) is 12.8 Å². The van der Waals surface area contributed by atoms with Gasteiger partial charge in [-0.15, -0.1) is 0 Å². The molecule has 0 aliphatic heterocycles. The lowest BCUT2D eigenvalue weighted by molar-refractivity contribution is -0.160. The van der Waals surface area contributed by atoms with Crippen molar-refractivity contribution < 1.29 is 9.53 Å². The Bertz CT molecular complexity index is 277. The topological polar surface area (TPSA) is 52.3 Å². The highest BCUT2D eigenvalue weighted by Gasteiger charge is 2.46. The van der Waals surface area contributed by atoms with Gasteiger partial charge in [-0.25, -0.2) is 0 Å². The first-order chi connectivity index (χ1) is 7.56. The van der Waals surface area contributed by atoms with Gasteiger partial charge >= 0.3 is 5.97 Å².